The highest BCUT2D eigenvalue weighted by Crippen LogP contribution is 2.26. The molecule has 0 amide bonds. The first kappa shape index (κ1) is 17.7. The van der Waals surface area contributed by atoms with Gasteiger partial charge in [-0.25, -0.2) is 18.4 Å². The zero-order chi connectivity index (χ0) is 18.0. The number of nitrogens with one attached hydrogen (secondary N) is 1. The van der Waals surface area contributed by atoms with Gasteiger partial charge in [0.2, 0.25) is 0 Å². The van der Waals surface area contributed by atoms with Crippen molar-refractivity contribution in [3.8, 4) is 0 Å². The summed E-state index contributed by atoms with van der Waals surface area (Å²) in [6.07, 6.45) is 2.18. The van der Waals surface area contributed by atoms with E-state index in [1.807, 2.05) is 25.1 Å². The normalized spacial score (nSPS) is 18.9. The summed E-state index contributed by atoms with van der Waals surface area (Å²) in [7, 11) is -2.93. The van der Waals surface area contributed by atoms with Crippen LogP contribution in [0.15, 0.2) is 30.6 Å². The van der Waals surface area contributed by atoms with Crippen molar-refractivity contribution in [2.24, 2.45) is 0 Å². The second-order valence-electron chi connectivity index (χ2n) is 6.48. The van der Waals surface area contributed by atoms with Crippen molar-refractivity contribution in [2.45, 2.75) is 33.2 Å². The largest absolute Gasteiger partial charge is 0.353 e. The maximum absolute atomic E-state index is 11.8. The Labute approximate surface area is 149 Å². The minimum atomic E-state index is -2.93. The first-order chi connectivity index (χ1) is 11.9. The molecule has 0 radical (unpaired) electrons. The second-order valence-corrected chi connectivity index (χ2v) is 8.71. The van der Waals surface area contributed by atoms with Gasteiger partial charge in [0.05, 0.1) is 11.5 Å². The van der Waals surface area contributed by atoms with Crippen molar-refractivity contribution in [3.05, 3.63) is 41.7 Å². The Morgan fingerprint density at radius 2 is 2.08 bits per heavy atom. The Morgan fingerprint density at radius 3 is 2.76 bits per heavy atom. The molecule has 6 nitrogen and oxygen atoms in total. The minimum Gasteiger partial charge on any atom is -0.353 e. The van der Waals surface area contributed by atoms with Gasteiger partial charge < -0.3 is 10.2 Å². The lowest BCUT2D eigenvalue weighted by molar-refractivity contribution is 0.599. The average Bonchev–Trinajstić information content (AvgIpc) is 2.93. The number of nitrogens with zero attached hydrogens (tertiary/aromatic N) is 3. The number of hydrogen-bond acceptors (Lipinski definition) is 6. The van der Waals surface area contributed by atoms with E-state index in [9.17, 15) is 8.42 Å². The first-order valence-electron chi connectivity index (χ1n) is 8.52. The molecule has 1 N–H and O–H groups in total. The highest BCUT2D eigenvalue weighted by molar-refractivity contribution is 7.91. The predicted octanol–water partition coefficient (Wildman–Crippen LogP) is 2.85. The molecule has 1 atom stereocenters. The van der Waals surface area contributed by atoms with Gasteiger partial charge in [0.1, 0.15) is 18.0 Å². The number of rotatable bonds is 5. The van der Waals surface area contributed by atoms with Gasteiger partial charge in [0, 0.05) is 24.3 Å². The summed E-state index contributed by atoms with van der Waals surface area (Å²) in [4.78, 5) is 10.7. The van der Waals surface area contributed by atoms with Gasteiger partial charge in [-0.05, 0) is 44.4 Å². The molecule has 0 bridgehead atoms. The zero-order valence-electron chi connectivity index (χ0n) is 14.9. The van der Waals surface area contributed by atoms with E-state index < -0.39 is 9.84 Å². The van der Waals surface area contributed by atoms with Crippen LogP contribution in [-0.2, 0) is 9.84 Å². The molecule has 0 aliphatic carbocycles. The predicted molar refractivity (Wildman–Crippen MR) is 101 cm³/mol. The molecule has 1 saturated heterocycles. The third-order valence-electron chi connectivity index (χ3n) is 4.80. The molecule has 2 aromatic rings. The van der Waals surface area contributed by atoms with Crippen LogP contribution in [0.2, 0.25) is 0 Å². The van der Waals surface area contributed by atoms with Crippen LogP contribution in [0.3, 0.4) is 0 Å². The molecule has 134 valence electrons. The minimum absolute atomic E-state index is 0.0153. The highest BCUT2D eigenvalue weighted by atomic mass is 32.2. The van der Waals surface area contributed by atoms with Crippen molar-refractivity contribution in [1.82, 2.24) is 9.97 Å². The molecule has 25 heavy (non-hydrogen) atoms. The Balaban J connectivity index is 1.84. The summed E-state index contributed by atoms with van der Waals surface area (Å²) < 4.78 is 23.6. The Kier molecular flexibility index (Phi) is 4.94. The van der Waals surface area contributed by atoms with E-state index in [1.165, 1.54) is 17.5 Å². The van der Waals surface area contributed by atoms with Crippen LogP contribution in [0, 0.1) is 13.8 Å². The third kappa shape index (κ3) is 3.92. The third-order valence-corrected chi connectivity index (χ3v) is 6.55. The average molecular weight is 360 g/mol. The number of anilines is 3. The molecular weight excluding hydrogens is 336 g/mol. The van der Waals surface area contributed by atoms with Gasteiger partial charge in [0.15, 0.2) is 9.84 Å². The van der Waals surface area contributed by atoms with Gasteiger partial charge >= 0.3 is 0 Å². The maximum Gasteiger partial charge on any atom is 0.152 e. The molecule has 1 aromatic heterocycles. The van der Waals surface area contributed by atoms with E-state index in [0.717, 1.165) is 11.5 Å². The summed E-state index contributed by atoms with van der Waals surface area (Å²) >= 11 is 0. The van der Waals surface area contributed by atoms with Gasteiger partial charge in [-0.15, -0.1) is 0 Å². The first-order valence-corrected chi connectivity index (χ1v) is 10.3. The number of sulfone groups is 1. The lowest BCUT2D eigenvalue weighted by atomic mass is 10.1. The fourth-order valence-electron chi connectivity index (χ4n) is 3.23. The van der Waals surface area contributed by atoms with Crippen LogP contribution in [0.25, 0.3) is 0 Å². The Morgan fingerprint density at radius 1 is 1.28 bits per heavy atom. The molecule has 7 heteroatoms. The van der Waals surface area contributed by atoms with E-state index in [1.54, 1.807) is 0 Å². The van der Waals surface area contributed by atoms with Gasteiger partial charge in [-0.3, -0.25) is 0 Å². The lowest BCUT2D eigenvalue weighted by Crippen LogP contribution is -2.36. The zero-order valence-corrected chi connectivity index (χ0v) is 15.7. The van der Waals surface area contributed by atoms with Crippen molar-refractivity contribution in [1.29, 1.82) is 0 Å². The molecule has 1 fully saturated rings. The van der Waals surface area contributed by atoms with Gasteiger partial charge in [-0.2, -0.15) is 0 Å². The standard InChI is InChI=1S/C18H24N4O2S/c1-4-22(15-8-9-25(23,24)11-15)18-10-17(19-12-20-18)21-16-7-5-6-13(2)14(16)3/h5-7,10,12,15H,4,8-9,11H2,1-3H3,(H,19,20,21). The van der Waals surface area contributed by atoms with Crippen LogP contribution in [0.4, 0.5) is 17.3 Å². The van der Waals surface area contributed by atoms with Gasteiger partial charge in [-0.1, -0.05) is 12.1 Å². The van der Waals surface area contributed by atoms with Crippen LogP contribution in [0.5, 0.6) is 0 Å². The van der Waals surface area contributed by atoms with Crippen molar-refractivity contribution >= 4 is 27.2 Å². The topological polar surface area (TPSA) is 75.2 Å². The van der Waals surface area contributed by atoms with Gasteiger partial charge in [0.25, 0.3) is 0 Å². The van der Waals surface area contributed by atoms with Crippen molar-refractivity contribution < 1.29 is 8.42 Å². The second kappa shape index (κ2) is 7.00. The van der Waals surface area contributed by atoms with E-state index in [4.69, 9.17) is 0 Å². The number of aromatic nitrogens is 2. The fourth-order valence-corrected chi connectivity index (χ4v) is 4.96. The number of aryl methyl sites for hydroxylation is 1. The summed E-state index contributed by atoms with van der Waals surface area (Å²) in [5, 5.41) is 3.34. The molecule has 1 unspecified atom stereocenters. The summed E-state index contributed by atoms with van der Waals surface area (Å²) in [5.74, 6) is 1.92. The number of hydrogen-bond donors (Lipinski definition) is 1. The lowest BCUT2D eigenvalue weighted by Gasteiger charge is -2.28. The Bertz CT molecular complexity index is 867. The molecule has 3 rings (SSSR count). The SMILES string of the molecule is CCN(c1cc(Nc2cccc(C)c2C)ncn1)C1CCS(=O)(=O)C1. The molecule has 1 aliphatic heterocycles. The van der Waals surface area contributed by atoms with Crippen LogP contribution in [0.1, 0.15) is 24.5 Å². The van der Waals surface area contributed by atoms with Crippen molar-refractivity contribution in [3.63, 3.8) is 0 Å². The quantitative estimate of drug-likeness (QED) is 0.884. The van der Waals surface area contributed by atoms with Crippen molar-refractivity contribution in [2.75, 3.05) is 28.3 Å². The molecular formula is C18H24N4O2S. The summed E-state index contributed by atoms with van der Waals surface area (Å²) in [5.41, 5.74) is 3.40. The van der Waals surface area contributed by atoms with Crippen LogP contribution >= 0.6 is 0 Å². The number of benzene rings is 1. The maximum atomic E-state index is 11.8. The van der Waals surface area contributed by atoms with E-state index in [-0.39, 0.29) is 17.5 Å². The fraction of sp³-hybridized carbons (Fsp3) is 0.444. The Hall–Kier alpha value is -2.15. The summed E-state index contributed by atoms with van der Waals surface area (Å²) in [6.45, 7) is 6.87. The molecule has 0 saturated carbocycles. The van der Waals surface area contributed by atoms with E-state index in [0.29, 0.717) is 18.8 Å². The molecule has 1 aliphatic rings. The summed E-state index contributed by atoms with van der Waals surface area (Å²) in [6, 6.07) is 7.97. The smallest absolute Gasteiger partial charge is 0.152 e. The van der Waals surface area contributed by atoms with E-state index >= 15 is 0 Å². The highest BCUT2D eigenvalue weighted by Gasteiger charge is 2.32. The molecule has 1 aromatic carbocycles. The molecule has 0 spiro atoms. The van der Waals surface area contributed by atoms with E-state index in [2.05, 4.69) is 40.1 Å². The molecule has 2 heterocycles. The van der Waals surface area contributed by atoms with Crippen LogP contribution < -0.4 is 10.2 Å². The van der Waals surface area contributed by atoms with Crippen LogP contribution in [-0.4, -0.2) is 42.5 Å². The monoisotopic (exact) mass is 360 g/mol.